The van der Waals surface area contributed by atoms with E-state index in [2.05, 4.69) is 20.8 Å². The first kappa shape index (κ1) is 13.1. The van der Waals surface area contributed by atoms with Gasteiger partial charge in [-0.3, -0.25) is 0 Å². The molecule has 0 aromatic heterocycles. The summed E-state index contributed by atoms with van der Waals surface area (Å²) < 4.78 is 0. The van der Waals surface area contributed by atoms with Crippen LogP contribution in [0.1, 0.15) is 78.6 Å². The Morgan fingerprint density at radius 1 is 0.933 bits per heavy atom. The lowest BCUT2D eigenvalue weighted by atomic mass is 9.80. The van der Waals surface area contributed by atoms with Gasteiger partial charge in [-0.05, 0) is 24.2 Å². The quantitative estimate of drug-likeness (QED) is 0.532. The van der Waals surface area contributed by atoms with Crippen LogP contribution in [0, 0.1) is 17.8 Å². The van der Waals surface area contributed by atoms with Gasteiger partial charge in [0.2, 0.25) is 0 Å². The Bertz CT molecular complexity index is 140. The molecule has 0 amide bonds. The second-order valence-corrected chi connectivity index (χ2v) is 5.89. The number of hydrogen-bond donors (Lipinski definition) is 0. The van der Waals surface area contributed by atoms with E-state index in [1.54, 1.807) is 0 Å². The summed E-state index contributed by atoms with van der Waals surface area (Å²) in [5.74, 6) is 2.99. The second-order valence-electron chi connectivity index (χ2n) is 5.89. The van der Waals surface area contributed by atoms with Crippen LogP contribution in [0.2, 0.25) is 0 Å². The van der Waals surface area contributed by atoms with Gasteiger partial charge in [0, 0.05) is 0 Å². The van der Waals surface area contributed by atoms with Crippen LogP contribution in [0.15, 0.2) is 0 Å². The van der Waals surface area contributed by atoms with Gasteiger partial charge < -0.3 is 0 Å². The topological polar surface area (TPSA) is 0 Å². The fourth-order valence-electron chi connectivity index (χ4n) is 3.10. The van der Waals surface area contributed by atoms with Crippen LogP contribution >= 0.6 is 0 Å². The van der Waals surface area contributed by atoms with Gasteiger partial charge in [0.15, 0.2) is 0 Å². The van der Waals surface area contributed by atoms with Crippen molar-refractivity contribution in [2.45, 2.75) is 78.6 Å². The summed E-state index contributed by atoms with van der Waals surface area (Å²) in [4.78, 5) is 0. The zero-order valence-corrected chi connectivity index (χ0v) is 11.1. The minimum Gasteiger partial charge on any atom is -0.0651 e. The van der Waals surface area contributed by atoms with Crippen molar-refractivity contribution in [2.75, 3.05) is 0 Å². The summed E-state index contributed by atoms with van der Waals surface area (Å²) in [7, 11) is 0. The van der Waals surface area contributed by atoms with Crippen molar-refractivity contribution < 1.29 is 0 Å². The maximum Gasteiger partial charge on any atom is -0.0386 e. The number of hydrogen-bond acceptors (Lipinski definition) is 0. The average Bonchev–Trinajstić information content (AvgIpc) is 2.47. The van der Waals surface area contributed by atoms with Gasteiger partial charge in [0.25, 0.3) is 0 Å². The summed E-state index contributed by atoms with van der Waals surface area (Å²) in [5.41, 5.74) is 0. The summed E-state index contributed by atoms with van der Waals surface area (Å²) in [6.45, 7) is 7.12. The second kappa shape index (κ2) is 7.30. The van der Waals surface area contributed by atoms with Crippen LogP contribution in [-0.4, -0.2) is 0 Å². The van der Waals surface area contributed by atoms with Crippen LogP contribution in [0.3, 0.4) is 0 Å². The zero-order valence-electron chi connectivity index (χ0n) is 11.1. The maximum absolute atomic E-state index is 2.40. The van der Waals surface area contributed by atoms with E-state index in [0.29, 0.717) is 0 Å². The summed E-state index contributed by atoms with van der Waals surface area (Å²) in [6, 6.07) is 0. The molecule has 1 fully saturated rings. The summed E-state index contributed by atoms with van der Waals surface area (Å²) >= 11 is 0. The molecule has 1 rings (SSSR count). The maximum atomic E-state index is 2.40. The number of rotatable bonds is 5. The Morgan fingerprint density at radius 3 is 2.00 bits per heavy atom. The van der Waals surface area contributed by atoms with E-state index in [1.165, 1.54) is 57.8 Å². The van der Waals surface area contributed by atoms with E-state index in [1.807, 2.05) is 0 Å². The lowest BCUT2D eigenvalue weighted by molar-refractivity contribution is 0.259. The average molecular weight is 210 g/mol. The molecule has 0 aliphatic heterocycles. The molecule has 0 aromatic rings. The van der Waals surface area contributed by atoms with Gasteiger partial charge in [-0.25, -0.2) is 0 Å². The van der Waals surface area contributed by atoms with Crippen LogP contribution in [-0.2, 0) is 0 Å². The smallest absolute Gasteiger partial charge is 0.0386 e. The predicted molar refractivity (Wildman–Crippen MR) is 69.0 cm³/mol. The van der Waals surface area contributed by atoms with Crippen LogP contribution in [0.4, 0.5) is 0 Å². The third-order valence-electron chi connectivity index (χ3n) is 4.21. The van der Waals surface area contributed by atoms with E-state index < -0.39 is 0 Å². The molecule has 1 aliphatic carbocycles. The van der Waals surface area contributed by atoms with Crippen molar-refractivity contribution in [2.24, 2.45) is 17.8 Å². The van der Waals surface area contributed by atoms with E-state index in [-0.39, 0.29) is 0 Å². The largest absolute Gasteiger partial charge is 0.0651 e. The molecule has 1 aliphatic rings. The minimum absolute atomic E-state index is 0.893. The molecule has 0 radical (unpaired) electrons. The van der Waals surface area contributed by atoms with E-state index in [0.717, 1.165) is 17.8 Å². The highest BCUT2D eigenvalue weighted by Gasteiger charge is 2.21. The Labute approximate surface area is 96.8 Å². The molecule has 0 bridgehead atoms. The molecule has 1 atom stereocenters. The van der Waals surface area contributed by atoms with Crippen molar-refractivity contribution in [3.05, 3.63) is 0 Å². The predicted octanol–water partition coefficient (Wildman–Crippen LogP) is 5.42. The highest BCUT2D eigenvalue weighted by atomic mass is 14.3. The normalized spacial score (nSPS) is 21.6. The lowest BCUT2D eigenvalue weighted by Crippen LogP contribution is -2.14. The Kier molecular flexibility index (Phi) is 6.36. The molecule has 15 heavy (non-hydrogen) atoms. The van der Waals surface area contributed by atoms with Gasteiger partial charge in [0.05, 0.1) is 0 Å². The van der Waals surface area contributed by atoms with Crippen molar-refractivity contribution >= 4 is 0 Å². The van der Waals surface area contributed by atoms with Gasteiger partial charge in [-0.15, -0.1) is 0 Å². The fraction of sp³-hybridized carbons (Fsp3) is 1.00. The fourth-order valence-corrected chi connectivity index (χ4v) is 3.10. The Hall–Kier alpha value is 0. The molecule has 1 saturated carbocycles. The van der Waals surface area contributed by atoms with Gasteiger partial charge in [-0.2, -0.15) is 0 Å². The van der Waals surface area contributed by atoms with Crippen LogP contribution < -0.4 is 0 Å². The van der Waals surface area contributed by atoms with Crippen molar-refractivity contribution in [3.63, 3.8) is 0 Å². The molecule has 0 saturated heterocycles. The van der Waals surface area contributed by atoms with Crippen LogP contribution in [0.25, 0.3) is 0 Å². The summed E-state index contributed by atoms with van der Waals surface area (Å²) in [5, 5.41) is 0. The Morgan fingerprint density at radius 2 is 1.53 bits per heavy atom. The third kappa shape index (κ3) is 5.04. The van der Waals surface area contributed by atoms with E-state index in [9.17, 15) is 0 Å². The lowest BCUT2D eigenvalue weighted by Gasteiger charge is -2.25. The highest BCUT2D eigenvalue weighted by molar-refractivity contribution is 4.72. The van der Waals surface area contributed by atoms with Gasteiger partial charge in [0.1, 0.15) is 0 Å². The van der Waals surface area contributed by atoms with Crippen molar-refractivity contribution in [1.82, 2.24) is 0 Å². The first-order valence-corrected chi connectivity index (χ1v) is 7.24. The molecule has 1 unspecified atom stereocenters. The minimum atomic E-state index is 0.893. The van der Waals surface area contributed by atoms with Crippen LogP contribution in [0.5, 0.6) is 0 Å². The SMILES string of the molecule is CCC(CCC(C)C)C1CCCCCC1. The molecular weight excluding hydrogens is 180 g/mol. The van der Waals surface area contributed by atoms with Gasteiger partial charge >= 0.3 is 0 Å². The molecule has 0 aromatic carbocycles. The van der Waals surface area contributed by atoms with Gasteiger partial charge in [-0.1, -0.05) is 72.1 Å². The third-order valence-corrected chi connectivity index (χ3v) is 4.21. The molecule has 0 heteroatoms. The van der Waals surface area contributed by atoms with E-state index in [4.69, 9.17) is 0 Å². The molecule has 0 nitrogen and oxygen atoms in total. The zero-order chi connectivity index (χ0) is 11.1. The van der Waals surface area contributed by atoms with Crippen molar-refractivity contribution in [1.29, 1.82) is 0 Å². The monoisotopic (exact) mass is 210 g/mol. The molecule has 0 heterocycles. The highest BCUT2D eigenvalue weighted by Crippen LogP contribution is 2.33. The molecule has 0 N–H and O–H groups in total. The first-order chi connectivity index (χ1) is 7.24. The molecular formula is C15H30. The van der Waals surface area contributed by atoms with E-state index >= 15 is 0 Å². The summed E-state index contributed by atoms with van der Waals surface area (Å²) in [6.07, 6.45) is 13.4. The first-order valence-electron chi connectivity index (χ1n) is 7.24. The molecule has 0 spiro atoms. The standard InChI is InChI=1S/C15H30/c1-4-14(12-11-13(2)3)15-9-7-5-6-8-10-15/h13-15H,4-12H2,1-3H3. The van der Waals surface area contributed by atoms with Crippen molar-refractivity contribution in [3.8, 4) is 0 Å². The molecule has 90 valence electrons. The Balaban J connectivity index is 2.34.